The largest absolute Gasteiger partial charge is 0.416 e. The third-order valence-corrected chi connectivity index (χ3v) is 6.86. The molecule has 3 unspecified atom stereocenters. The molecule has 1 aromatic carbocycles. The first-order chi connectivity index (χ1) is 10.6. The van der Waals surface area contributed by atoms with Crippen LogP contribution in [0.5, 0.6) is 0 Å². The minimum absolute atomic E-state index is 0.0109. The SMILES string of the molecule is Cc1ccc(S(=O)(=O)N2CC3CCC(N)C3C2)cc1C(F)(F)F. The Hall–Kier alpha value is -1.12. The van der Waals surface area contributed by atoms with Crippen LogP contribution in [0.15, 0.2) is 23.1 Å². The van der Waals surface area contributed by atoms with Gasteiger partial charge in [-0.05, 0) is 49.3 Å². The Balaban J connectivity index is 1.92. The molecule has 0 aromatic heterocycles. The molecule has 1 saturated heterocycles. The van der Waals surface area contributed by atoms with E-state index in [1.54, 1.807) is 0 Å². The van der Waals surface area contributed by atoms with E-state index in [-0.39, 0.29) is 28.3 Å². The molecule has 3 rings (SSSR count). The van der Waals surface area contributed by atoms with Gasteiger partial charge in [0.25, 0.3) is 0 Å². The summed E-state index contributed by atoms with van der Waals surface area (Å²) in [6, 6.07) is 3.16. The highest BCUT2D eigenvalue weighted by Gasteiger charge is 2.45. The zero-order valence-electron chi connectivity index (χ0n) is 12.7. The van der Waals surface area contributed by atoms with Crippen LogP contribution >= 0.6 is 0 Å². The van der Waals surface area contributed by atoms with Crippen LogP contribution in [-0.4, -0.2) is 31.9 Å². The number of sulfonamides is 1. The number of hydrogen-bond acceptors (Lipinski definition) is 3. The average Bonchev–Trinajstić information content (AvgIpc) is 3.01. The topological polar surface area (TPSA) is 63.4 Å². The normalized spacial score (nSPS) is 29.0. The zero-order chi connectivity index (χ0) is 17.0. The van der Waals surface area contributed by atoms with E-state index >= 15 is 0 Å². The van der Waals surface area contributed by atoms with Crippen LogP contribution in [0, 0.1) is 18.8 Å². The molecule has 1 aromatic rings. The van der Waals surface area contributed by atoms with Gasteiger partial charge in [-0.3, -0.25) is 0 Å². The molecule has 0 bridgehead atoms. The van der Waals surface area contributed by atoms with E-state index in [4.69, 9.17) is 5.73 Å². The van der Waals surface area contributed by atoms with E-state index < -0.39 is 21.8 Å². The lowest BCUT2D eigenvalue weighted by molar-refractivity contribution is -0.138. The van der Waals surface area contributed by atoms with Crippen molar-refractivity contribution in [2.24, 2.45) is 17.6 Å². The van der Waals surface area contributed by atoms with Crippen molar-refractivity contribution in [3.63, 3.8) is 0 Å². The third kappa shape index (κ3) is 2.88. The van der Waals surface area contributed by atoms with E-state index in [0.717, 1.165) is 18.9 Å². The molecule has 128 valence electrons. The van der Waals surface area contributed by atoms with Crippen molar-refractivity contribution in [3.05, 3.63) is 29.3 Å². The molecule has 0 amide bonds. The fourth-order valence-corrected chi connectivity index (χ4v) is 5.24. The van der Waals surface area contributed by atoms with Crippen molar-refractivity contribution in [1.29, 1.82) is 0 Å². The number of aryl methyl sites for hydroxylation is 1. The molecule has 3 atom stereocenters. The minimum Gasteiger partial charge on any atom is -0.327 e. The van der Waals surface area contributed by atoms with Gasteiger partial charge in [0.2, 0.25) is 10.0 Å². The maximum atomic E-state index is 13.0. The number of nitrogens with zero attached hydrogens (tertiary/aromatic N) is 1. The van der Waals surface area contributed by atoms with Crippen LogP contribution in [0.4, 0.5) is 13.2 Å². The zero-order valence-corrected chi connectivity index (χ0v) is 13.5. The Morgan fingerprint density at radius 1 is 1.22 bits per heavy atom. The lowest BCUT2D eigenvalue weighted by Crippen LogP contribution is -2.33. The molecule has 1 heterocycles. The third-order valence-electron chi connectivity index (χ3n) is 5.03. The standard InChI is InChI=1S/C15H19F3N2O2S/c1-9-2-4-11(6-13(9)15(16,17)18)23(21,22)20-7-10-3-5-14(19)12(10)8-20/h2,4,6,10,12,14H,3,5,7-8,19H2,1H3. The average molecular weight is 348 g/mol. The summed E-state index contributed by atoms with van der Waals surface area (Å²) >= 11 is 0. The van der Waals surface area contributed by atoms with Gasteiger partial charge in [-0.2, -0.15) is 17.5 Å². The van der Waals surface area contributed by atoms with Crippen molar-refractivity contribution in [2.45, 2.75) is 36.9 Å². The fourth-order valence-electron chi connectivity index (χ4n) is 3.68. The van der Waals surface area contributed by atoms with Gasteiger partial charge in [0.05, 0.1) is 10.5 Å². The molecule has 1 saturated carbocycles. The summed E-state index contributed by atoms with van der Waals surface area (Å²) in [7, 11) is -3.93. The smallest absolute Gasteiger partial charge is 0.327 e. The van der Waals surface area contributed by atoms with Gasteiger partial charge in [-0.1, -0.05) is 6.07 Å². The van der Waals surface area contributed by atoms with Crippen molar-refractivity contribution in [2.75, 3.05) is 13.1 Å². The maximum absolute atomic E-state index is 13.0. The first kappa shape index (κ1) is 16.7. The van der Waals surface area contributed by atoms with E-state index in [0.29, 0.717) is 13.1 Å². The van der Waals surface area contributed by atoms with Gasteiger partial charge in [0.15, 0.2) is 0 Å². The minimum atomic E-state index is -4.57. The summed E-state index contributed by atoms with van der Waals surface area (Å²) < 4.78 is 65.7. The monoisotopic (exact) mass is 348 g/mol. The van der Waals surface area contributed by atoms with E-state index in [1.165, 1.54) is 23.4 Å². The summed E-state index contributed by atoms with van der Waals surface area (Å²) in [5.74, 6) is 0.324. The van der Waals surface area contributed by atoms with Crippen LogP contribution < -0.4 is 5.73 Å². The van der Waals surface area contributed by atoms with Gasteiger partial charge in [-0.15, -0.1) is 0 Å². The van der Waals surface area contributed by atoms with E-state index in [1.807, 2.05) is 0 Å². The Kier molecular flexibility index (Phi) is 3.97. The van der Waals surface area contributed by atoms with Gasteiger partial charge in [0.1, 0.15) is 0 Å². The van der Waals surface area contributed by atoms with Gasteiger partial charge in [-0.25, -0.2) is 8.42 Å². The number of halogens is 3. The predicted molar refractivity (Wildman–Crippen MR) is 79.1 cm³/mol. The maximum Gasteiger partial charge on any atom is 0.416 e. The lowest BCUT2D eigenvalue weighted by atomic mass is 9.98. The quantitative estimate of drug-likeness (QED) is 0.892. The molecule has 2 fully saturated rings. The molecule has 4 nitrogen and oxygen atoms in total. The summed E-state index contributed by atoms with van der Waals surface area (Å²) in [6.07, 6.45) is -2.81. The highest BCUT2D eigenvalue weighted by molar-refractivity contribution is 7.89. The number of alkyl halides is 3. The van der Waals surface area contributed by atoms with Crippen molar-refractivity contribution in [3.8, 4) is 0 Å². The summed E-state index contributed by atoms with van der Waals surface area (Å²) in [4.78, 5) is -0.302. The number of fused-ring (bicyclic) bond motifs is 1. The molecule has 23 heavy (non-hydrogen) atoms. The highest BCUT2D eigenvalue weighted by Crippen LogP contribution is 2.40. The fraction of sp³-hybridized carbons (Fsp3) is 0.600. The Morgan fingerprint density at radius 2 is 1.91 bits per heavy atom. The molecule has 2 aliphatic rings. The van der Waals surface area contributed by atoms with Crippen LogP contribution in [0.1, 0.15) is 24.0 Å². The van der Waals surface area contributed by atoms with E-state index in [9.17, 15) is 21.6 Å². The van der Waals surface area contributed by atoms with Gasteiger partial charge in [0, 0.05) is 19.1 Å². The van der Waals surface area contributed by atoms with Crippen LogP contribution in [0.25, 0.3) is 0 Å². The van der Waals surface area contributed by atoms with Crippen molar-refractivity contribution >= 4 is 10.0 Å². The second-order valence-corrected chi connectivity index (χ2v) is 8.40. The molecule has 0 radical (unpaired) electrons. The van der Waals surface area contributed by atoms with Crippen molar-refractivity contribution in [1.82, 2.24) is 4.31 Å². The molecule has 1 aliphatic heterocycles. The van der Waals surface area contributed by atoms with E-state index in [2.05, 4.69) is 0 Å². The van der Waals surface area contributed by atoms with Crippen LogP contribution in [0.2, 0.25) is 0 Å². The lowest BCUT2D eigenvalue weighted by Gasteiger charge is -2.20. The Bertz CT molecular complexity index is 718. The number of hydrogen-bond donors (Lipinski definition) is 1. The molecular formula is C15H19F3N2O2S. The number of nitrogens with two attached hydrogens (primary N) is 1. The van der Waals surface area contributed by atoms with Crippen LogP contribution in [-0.2, 0) is 16.2 Å². The molecule has 1 aliphatic carbocycles. The van der Waals surface area contributed by atoms with Gasteiger partial charge >= 0.3 is 6.18 Å². The molecular weight excluding hydrogens is 329 g/mol. The predicted octanol–water partition coefficient (Wildman–Crippen LogP) is 2.37. The second-order valence-electron chi connectivity index (χ2n) is 6.46. The number of benzene rings is 1. The highest BCUT2D eigenvalue weighted by atomic mass is 32.2. The van der Waals surface area contributed by atoms with Crippen molar-refractivity contribution < 1.29 is 21.6 Å². The first-order valence-electron chi connectivity index (χ1n) is 7.54. The Morgan fingerprint density at radius 3 is 2.52 bits per heavy atom. The summed E-state index contributed by atoms with van der Waals surface area (Å²) in [6.45, 7) is 1.96. The summed E-state index contributed by atoms with van der Waals surface area (Å²) in [5, 5.41) is 0. The molecule has 2 N–H and O–H groups in total. The van der Waals surface area contributed by atoms with Gasteiger partial charge < -0.3 is 5.73 Å². The first-order valence-corrected chi connectivity index (χ1v) is 8.98. The summed E-state index contributed by atoms with van der Waals surface area (Å²) in [5.41, 5.74) is 5.10. The van der Waals surface area contributed by atoms with Crippen LogP contribution in [0.3, 0.4) is 0 Å². The Labute approximate surface area is 133 Å². The molecule has 0 spiro atoms. The molecule has 8 heteroatoms. The second kappa shape index (κ2) is 5.46. The number of rotatable bonds is 2.